The van der Waals surface area contributed by atoms with Crippen LogP contribution >= 0.6 is 11.6 Å². The monoisotopic (exact) mass is 409 g/mol. The second-order valence-corrected chi connectivity index (χ2v) is 6.43. The number of ether oxygens (including phenoxy) is 1. The molecule has 2 aromatic carbocycles. The first-order chi connectivity index (χ1) is 13.3. The van der Waals surface area contributed by atoms with Gasteiger partial charge in [0.1, 0.15) is 5.82 Å². The van der Waals surface area contributed by atoms with Crippen LogP contribution in [0.5, 0.6) is 5.75 Å². The molecule has 1 N–H and O–H groups in total. The first kappa shape index (κ1) is 19.8. The average molecular weight is 410 g/mol. The number of aryl methyl sites for hydroxylation is 1. The number of benzene rings is 2. The summed E-state index contributed by atoms with van der Waals surface area (Å²) >= 11 is 5.79. The minimum absolute atomic E-state index is 0.00516. The summed E-state index contributed by atoms with van der Waals surface area (Å²) in [6, 6.07) is 6.72. The van der Waals surface area contributed by atoms with Crippen molar-refractivity contribution in [3.05, 3.63) is 80.5 Å². The molecule has 28 heavy (non-hydrogen) atoms. The van der Waals surface area contributed by atoms with E-state index in [0.29, 0.717) is 16.8 Å². The Bertz CT molecular complexity index is 1100. The smallest absolute Gasteiger partial charge is 0.310 e. The van der Waals surface area contributed by atoms with E-state index in [4.69, 9.17) is 16.3 Å². The highest BCUT2D eigenvalue weighted by Crippen LogP contribution is 2.28. The standard InChI is InChI=1S/C19H15ClF3N3O2/c1-10-5-14(22)17(28-2)7-16(10)24-19-25-18(27)15(23)9-26(19)8-11-3-4-13(21)12(20)6-11/h3-7,9H,8H2,1-2H3,(H,24,25,27). The molecule has 146 valence electrons. The summed E-state index contributed by atoms with van der Waals surface area (Å²) in [5.41, 5.74) is 0.450. The van der Waals surface area contributed by atoms with Crippen LogP contribution < -0.4 is 15.6 Å². The topological polar surface area (TPSA) is 56.1 Å². The number of aromatic nitrogens is 2. The summed E-state index contributed by atoms with van der Waals surface area (Å²) < 4.78 is 47.3. The third-order valence-corrected chi connectivity index (χ3v) is 4.32. The van der Waals surface area contributed by atoms with E-state index in [1.165, 1.54) is 42.0 Å². The zero-order valence-corrected chi connectivity index (χ0v) is 15.6. The van der Waals surface area contributed by atoms with Crippen LogP contribution in [0.4, 0.5) is 24.8 Å². The Hall–Kier alpha value is -3.00. The summed E-state index contributed by atoms with van der Waals surface area (Å²) in [5.74, 6) is -2.16. The number of nitrogens with one attached hydrogen (secondary N) is 1. The predicted octanol–water partition coefficient (Wildman–Crippen LogP) is 4.42. The summed E-state index contributed by atoms with van der Waals surface area (Å²) in [6.07, 6.45) is 0.977. The molecule has 1 aromatic heterocycles. The predicted molar refractivity (Wildman–Crippen MR) is 99.9 cm³/mol. The number of rotatable bonds is 5. The Morgan fingerprint density at radius 3 is 2.57 bits per heavy atom. The number of hydrogen-bond donors (Lipinski definition) is 1. The van der Waals surface area contributed by atoms with Gasteiger partial charge in [-0.2, -0.15) is 9.37 Å². The summed E-state index contributed by atoms with van der Waals surface area (Å²) in [5, 5.41) is 2.81. The second kappa shape index (κ2) is 7.93. The van der Waals surface area contributed by atoms with Gasteiger partial charge in [0.05, 0.1) is 18.7 Å². The molecule has 0 aliphatic rings. The van der Waals surface area contributed by atoms with Crippen LogP contribution in [0, 0.1) is 24.4 Å². The number of methoxy groups -OCH3 is 1. The number of hydrogen-bond acceptors (Lipinski definition) is 4. The highest BCUT2D eigenvalue weighted by atomic mass is 35.5. The van der Waals surface area contributed by atoms with Crippen molar-refractivity contribution < 1.29 is 17.9 Å². The van der Waals surface area contributed by atoms with Crippen LogP contribution in [0.2, 0.25) is 5.02 Å². The normalized spacial score (nSPS) is 10.8. The molecule has 0 aliphatic heterocycles. The molecule has 5 nitrogen and oxygen atoms in total. The molecule has 1 heterocycles. The van der Waals surface area contributed by atoms with Gasteiger partial charge in [-0.05, 0) is 36.2 Å². The fraction of sp³-hybridized carbons (Fsp3) is 0.158. The summed E-state index contributed by atoms with van der Waals surface area (Å²) in [7, 11) is 1.32. The second-order valence-electron chi connectivity index (χ2n) is 6.02. The van der Waals surface area contributed by atoms with E-state index in [9.17, 15) is 18.0 Å². The first-order valence-corrected chi connectivity index (χ1v) is 8.48. The average Bonchev–Trinajstić information content (AvgIpc) is 2.64. The van der Waals surface area contributed by atoms with E-state index >= 15 is 0 Å². The Kier molecular flexibility index (Phi) is 5.60. The van der Waals surface area contributed by atoms with Crippen LogP contribution in [0.3, 0.4) is 0 Å². The molecule has 0 saturated heterocycles. The minimum atomic E-state index is -1.05. The van der Waals surface area contributed by atoms with Crippen molar-refractivity contribution in [2.75, 3.05) is 12.4 Å². The van der Waals surface area contributed by atoms with E-state index < -0.39 is 23.0 Å². The van der Waals surface area contributed by atoms with E-state index in [1.54, 1.807) is 6.92 Å². The molecule has 0 amide bonds. The fourth-order valence-electron chi connectivity index (χ4n) is 2.59. The molecular formula is C19H15ClF3N3O2. The molecule has 0 radical (unpaired) electrons. The van der Waals surface area contributed by atoms with E-state index in [-0.39, 0.29) is 23.3 Å². The van der Waals surface area contributed by atoms with Gasteiger partial charge in [0, 0.05) is 18.0 Å². The van der Waals surface area contributed by atoms with Gasteiger partial charge in [0.15, 0.2) is 11.6 Å². The fourth-order valence-corrected chi connectivity index (χ4v) is 2.79. The van der Waals surface area contributed by atoms with Gasteiger partial charge in [0.2, 0.25) is 11.8 Å². The zero-order valence-electron chi connectivity index (χ0n) is 14.9. The first-order valence-electron chi connectivity index (χ1n) is 8.10. The molecule has 3 aromatic rings. The van der Waals surface area contributed by atoms with Gasteiger partial charge in [-0.15, -0.1) is 0 Å². The van der Waals surface area contributed by atoms with Crippen molar-refractivity contribution >= 4 is 23.2 Å². The maximum Gasteiger partial charge on any atom is 0.310 e. The SMILES string of the molecule is COc1cc(Nc2nc(=O)c(F)cn2Cc2ccc(F)c(Cl)c2)c(C)cc1F. The maximum absolute atomic E-state index is 13.8. The molecule has 0 aliphatic carbocycles. The van der Waals surface area contributed by atoms with E-state index in [2.05, 4.69) is 10.3 Å². The van der Waals surface area contributed by atoms with Crippen molar-refractivity contribution in [3.8, 4) is 5.75 Å². The van der Waals surface area contributed by atoms with Gasteiger partial charge in [0.25, 0.3) is 0 Å². The van der Waals surface area contributed by atoms with Crippen LogP contribution in [-0.2, 0) is 6.54 Å². The van der Waals surface area contributed by atoms with Gasteiger partial charge < -0.3 is 14.6 Å². The molecule has 0 unspecified atom stereocenters. The van der Waals surface area contributed by atoms with Crippen molar-refractivity contribution in [2.45, 2.75) is 13.5 Å². The number of anilines is 2. The molecule has 0 spiro atoms. The van der Waals surface area contributed by atoms with Gasteiger partial charge >= 0.3 is 5.56 Å². The highest BCUT2D eigenvalue weighted by molar-refractivity contribution is 6.30. The van der Waals surface area contributed by atoms with Crippen LogP contribution in [0.1, 0.15) is 11.1 Å². The molecule has 0 bridgehead atoms. The Morgan fingerprint density at radius 2 is 1.89 bits per heavy atom. The highest BCUT2D eigenvalue weighted by Gasteiger charge is 2.13. The lowest BCUT2D eigenvalue weighted by atomic mass is 10.2. The van der Waals surface area contributed by atoms with Crippen LogP contribution in [0.15, 0.2) is 41.3 Å². The zero-order chi connectivity index (χ0) is 20.4. The molecule has 3 rings (SSSR count). The lowest BCUT2D eigenvalue weighted by Gasteiger charge is -2.16. The molecule has 0 saturated carbocycles. The molecule has 9 heteroatoms. The quantitative estimate of drug-likeness (QED) is 0.677. The van der Waals surface area contributed by atoms with Crippen molar-refractivity contribution in [3.63, 3.8) is 0 Å². The van der Waals surface area contributed by atoms with Crippen LogP contribution in [0.25, 0.3) is 0 Å². The van der Waals surface area contributed by atoms with E-state index in [1.807, 2.05) is 0 Å². The number of nitrogens with zero attached hydrogens (tertiary/aromatic N) is 2. The number of halogens is 4. The molecule has 0 fully saturated rings. The lowest BCUT2D eigenvalue weighted by molar-refractivity contribution is 0.386. The third kappa shape index (κ3) is 4.12. The van der Waals surface area contributed by atoms with Crippen molar-refractivity contribution in [1.29, 1.82) is 0 Å². The third-order valence-electron chi connectivity index (χ3n) is 4.04. The Labute approximate surface area is 163 Å². The van der Waals surface area contributed by atoms with E-state index in [0.717, 1.165) is 6.20 Å². The summed E-state index contributed by atoms with van der Waals surface area (Å²) in [6.45, 7) is 1.71. The molecular weight excluding hydrogens is 395 g/mol. The van der Waals surface area contributed by atoms with Gasteiger partial charge in [-0.3, -0.25) is 4.79 Å². The molecule has 0 atom stereocenters. The minimum Gasteiger partial charge on any atom is -0.494 e. The van der Waals surface area contributed by atoms with Gasteiger partial charge in [-0.1, -0.05) is 17.7 Å². The summed E-state index contributed by atoms with van der Waals surface area (Å²) in [4.78, 5) is 15.4. The maximum atomic E-state index is 13.8. The lowest BCUT2D eigenvalue weighted by Crippen LogP contribution is -2.20. The van der Waals surface area contributed by atoms with Crippen molar-refractivity contribution in [1.82, 2.24) is 9.55 Å². The van der Waals surface area contributed by atoms with Crippen molar-refractivity contribution in [2.24, 2.45) is 0 Å². The largest absolute Gasteiger partial charge is 0.494 e. The Balaban J connectivity index is 2.02. The van der Waals surface area contributed by atoms with Crippen LogP contribution in [-0.4, -0.2) is 16.7 Å². The Morgan fingerprint density at radius 1 is 1.14 bits per heavy atom. The van der Waals surface area contributed by atoms with Gasteiger partial charge in [-0.25, -0.2) is 8.78 Å².